The van der Waals surface area contributed by atoms with Gasteiger partial charge in [-0.1, -0.05) is 23.7 Å². The zero-order valence-electron chi connectivity index (χ0n) is 10.5. The molecule has 1 unspecified atom stereocenters. The summed E-state index contributed by atoms with van der Waals surface area (Å²) in [6.45, 7) is 0. The molecule has 1 atom stereocenters. The smallest absolute Gasteiger partial charge is 0.341 e. The summed E-state index contributed by atoms with van der Waals surface area (Å²) < 4.78 is 10.7. The lowest BCUT2D eigenvalue weighted by molar-refractivity contribution is 0.0596. The molecule has 0 bridgehead atoms. The van der Waals surface area contributed by atoms with Gasteiger partial charge in [-0.25, -0.2) is 4.79 Å². The highest BCUT2D eigenvalue weighted by molar-refractivity contribution is 6.29. The Morgan fingerprint density at radius 3 is 3.00 bits per heavy atom. The Balaban J connectivity index is 2.03. The van der Waals surface area contributed by atoms with Gasteiger partial charge >= 0.3 is 5.97 Å². The van der Waals surface area contributed by atoms with Crippen molar-refractivity contribution >= 4 is 17.6 Å². The SMILES string of the molecule is COC(=O)c1cccc2c1OC1=CC=C(Cl)CC1C2. The lowest BCUT2D eigenvalue weighted by atomic mass is 9.88. The summed E-state index contributed by atoms with van der Waals surface area (Å²) in [6, 6.07) is 5.55. The van der Waals surface area contributed by atoms with Crippen molar-refractivity contribution in [2.24, 2.45) is 5.92 Å². The molecule has 0 fully saturated rings. The molecule has 0 radical (unpaired) electrons. The Hall–Kier alpha value is -1.74. The Bertz CT molecular complexity index is 601. The van der Waals surface area contributed by atoms with Gasteiger partial charge in [0, 0.05) is 11.0 Å². The van der Waals surface area contributed by atoms with E-state index in [2.05, 4.69) is 0 Å². The van der Waals surface area contributed by atoms with E-state index in [1.54, 1.807) is 6.07 Å². The lowest BCUT2D eigenvalue weighted by Gasteiger charge is -2.30. The first kappa shape index (κ1) is 12.3. The summed E-state index contributed by atoms with van der Waals surface area (Å²) in [5.41, 5.74) is 1.50. The standard InChI is InChI=1S/C15H13ClO3/c1-18-15(17)12-4-2-3-9-7-10-8-11(16)5-6-13(10)19-14(9)12/h2-6,10H,7-8H2,1H3. The summed E-state index contributed by atoms with van der Waals surface area (Å²) in [6.07, 6.45) is 5.35. The zero-order chi connectivity index (χ0) is 13.4. The largest absolute Gasteiger partial charge is 0.465 e. The highest BCUT2D eigenvalue weighted by Gasteiger charge is 2.30. The second kappa shape index (κ2) is 4.74. The maximum atomic E-state index is 11.7. The van der Waals surface area contributed by atoms with E-state index < -0.39 is 0 Å². The third kappa shape index (κ3) is 2.15. The van der Waals surface area contributed by atoms with E-state index in [0.717, 1.165) is 29.2 Å². The molecule has 0 aromatic heterocycles. The molecule has 1 aliphatic carbocycles. The van der Waals surface area contributed by atoms with Crippen molar-refractivity contribution in [3.63, 3.8) is 0 Å². The van der Waals surface area contributed by atoms with Gasteiger partial charge in [-0.05, 0) is 36.6 Å². The third-order valence-corrected chi connectivity index (χ3v) is 3.74. The number of para-hydroxylation sites is 1. The molecule has 2 aliphatic rings. The number of allylic oxidation sites excluding steroid dienone is 4. The number of carbonyl (C=O) groups excluding carboxylic acids is 1. The summed E-state index contributed by atoms with van der Waals surface area (Å²) in [7, 11) is 1.37. The van der Waals surface area contributed by atoms with E-state index in [1.165, 1.54) is 7.11 Å². The van der Waals surface area contributed by atoms with Crippen molar-refractivity contribution in [2.75, 3.05) is 7.11 Å². The molecule has 0 saturated carbocycles. The fraction of sp³-hybridized carbons (Fsp3) is 0.267. The van der Waals surface area contributed by atoms with Gasteiger partial charge in [0.1, 0.15) is 17.1 Å². The first-order valence-electron chi connectivity index (χ1n) is 6.13. The Morgan fingerprint density at radius 1 is 1.37 bits per heavy atom. The minimum absolute atomic E-state index is 0.262. The van der Waals surface area contributed by atoms with Crippen LogP contribution in [0.5, 0.6) is 5.75 Å². The van der Waals surface area contributed by atoms with Crippen LogP contribution in [0, 0.1) is 5.92 Å². The van der Waals surface area contributed by atoms with Crippen LogP contribution in [0.25, 0.3) is 0 Å². The highest BCUT2D eigenvalue weighted by Crippen LogP contribution is 2.40. The summed E-state index contributed by atoms with van der Waals surface area (Å²) in [4.78, 5) is 11.7. The zero-order valence-corrected chi connectivity index (χ0v) is 11.2. The summed E-state index contributed by atoms with van der Waals surface area (Å²) in [5, 5.41) is 0.838. The maximum Gasteiger partial charge on any atom is 0.341 e. The normalized spacial score (nSPS) is 20.4. The molecule has 3 rings (SSSR count). The maximum absolute atomic E-state index is 11.7. The van der Waals surface area contributed by atoms with E-state index in [-0.39, 0.29) is 11.9 Å². The molecule has 1 heterocycles. The van der Waals surface area contributed by atoms with Crippen molar-refractivity contribution in [1.82, 2.24) is 0 Å². The fourth-order valence-corrected chi connectivity index (χ4v) is 2.77. The number of fused-ring (bicyclic) bond motifs is 2. The molecule has 4 heteroatoms. The van der Waals surface area contributed by atoms with E-state index in [9.17, 15) is 4.79 Å². The second-order valence-electron chi connectivity index (χ2n) is 4.68. The van der Waals surface area contributed by atoms with Crippen molar-refractivity contribution in [1.29, 1.82) is 0 Å². The third-order valence-electron chi connectivity index (χ3n) is 3.46. The van der Waals surface area contributed by atoms with E-state index in [1.807, 2.05) is 24.3 Å². The van der Waals surface area contributed by atoms with Gasteiger partial charge < -0.3 is 9.47 Å². The van der Waals surface area contributed by atoms with E-state index in [4.69, 9.17) is 21.1 Å². The van der Waals surface area contributed by atoms with Crippen molar-refractivity contribution < 1.29 is 14.3 Å². The van der Waals surface area contributed by atoms with Gasteiger partial charge in [-0.15, -0.1) is 0 Å². The minimum atomic E-state index is -0.375. The molecule has 1 aliphatic heterocycles. The average Bonchev–Trinajstić information content (AvgIpc) is 2.43. The van der Waals surface area contributed by atoms with Crippen LogP contribution in [-0.4, -0.2) is 13.1 Å². The van der Waals surface area contributed by atoms with E-state index in [0.29, 0.717) is 11.3 Å². The predicted molar refractivity (Wildman–Crippen MR) is 72.2 cm³/mol. The Kier molecular flexibility index (Phi) is 3.07. The summed E-state index contributed by atoms with van der Waals surface area (Å²) >= 11 is 6.05. The highest BCUT2D eigenvalue weighted by atomic mass is 35.5. The van der Waals surface area contributed by atoms with Gasteiger partial charge in [0.25, 0.3) is 0 Å². The van der Waals surface area contributed by atoms with Gasteiger partial charge in [-0.2, -0.15) is 0 Å². The van der Waals surface area contributed by atoms with Crippen LogP contribution in [0.1, 0.15) is 22.3 Å². The van der Waals surface area contributed by atoms with Crippen LogP contribution < -0.4 is 4.74 Å². The molecule has 0 N–H and O–H groups in total. The molecule has 19 heavy (non-hydrogen) atoms. The van der Waals surface area contributed by atoms with Crippen molar-refractivity contribution in [3.05, 3.63) is 52.3 Å². The average molecular weight is 277 g/mol. The van der Waals surface area contributed by atoms with Crippen LogP contribution in [0.3, 0.4) is 0 Å². The van der Waals surface area contributed by atoms with Crippen LogP contribution in [0.15, 0.2) is 41.1 Å². The van der Waals surface area contributed by atoms with Crippen LogP contribution in [0.2, 0.25) is 0 Å². The number of esters is 1. The fourth-order valence-electron chi connectivity index (χ4n) is 2.52. The van der Waals surface area contributed by atoms with Gasteiger partial charge in [0.2, 0.25) is 0 Å². The van der Waals surface area contributed by atoms with Crippen molar-refractivity contribution in [2.45, 2.75) is 12.8 Å². The van der Waals surface area contributed by atoms with Gasteiger partial charge in [0.05, 0.1) is 7.11 Å². The molecule has 0 spiro atoms. The second-order valence-corrected chi connectivity index (χ2v) is 5.16. The first-order valence-corrected chi connectivity index (χ1v) is 6.51. The number of halogens is 1. The molecule has 0 saturated heterocycles. The number of hydrogen-bond acceptors (Lipinski definition) is 3. The number of rotatable bonds is 1. The molecule has 98 valence electrons. The van der Waals surface area contributed by atoms with Crippen LogP contribution in [0.4, 0.5) is 0 Å². The number of ether oxygens (including phenoxy) is 2. The van der Waals surface area contributed by atoms with Crippen molar-refractivity contribution in [3.8, 4) is 5.75 Å². The topological polar surface area (TPSA) is 35.5 Å². The molecule has 1 aromatic rings. The number of methoxy groups -OCH3 is 1. The molecular formula is C15H13ClO3. The molecule has 0 amide bonds. The molecule has 1 aromatic carbocycles. The number of benzene rings is 1. The van der Waals surface area contributed by atoms with E-state index >= 15 is 0 Å². The number of carbonyl (C=O) groups is 1. The van der Waals surface area contributed by atoms with Crippen LogP contribution in [-0.2, 0) is 11.2 Å². The lowest BCUT2D eigenvalue weighted by Crippen LogP contribution is -2.22. The predicted octanol–water partition coefficient (Wildman–Crippen LogP) is 3.43. The Morgan fingerprint density at radius 2 is 2.21 bits per heavy atom. The minimum Gasteiger partial charge on any atom is -0.465 e. The summed E-state index contributed by atoms with van der Waals surface area (Å²) in [5.74, 6) is 1.37. The number of hydrogen-bond donors (Lipinski definition) is 0. The monoisotopic (exact) mass is 276 g/mol. The Labute approximate surface area is 116 Å². The van der Waals surface area contributed by atoms with Gasteiger partial charge in [0.15, 0.2) is 0 Å². The van der Waals surface area contributed by atoms with Gasteiger partial charge in [-0.3, -0.25) is 0 Å². The van der Waals surface area contributed by atoms with Crippen LogP contribution >= 0.6 is 11.6 Å². The quantitative estimate of drug-likeness (QED) is 0.737. The molecule has 3 nitrogen and oxygen atoms in total. The first-order chi connectivity index (χ1) is 9.19. The molecular weight excluding hydrogens is 264 g/mol.